The van der Waals surface area contributed by atoms with Crippen molar-refractivity contribution in [2.24, 2.45) is 5.73 Å². The van der Waals surface area contributed by atoms with Gasteiger partial charge in [0.25, 0.3) is 0 Å². The van der Waals surface area contributed by atoms with Crippen LogP contribution >= 0.6 is 11.3 Å². The van der Waals surface area contributed by atoms with Gasteiger partial charge in [-0.1, -0.05) is 11.3 Å². The first-order valence-corrected chi connectivity index (χ1v) is 6.04. The van der Waals surface area contributed by atoms with E-state index in [0.717, 1.165) is 15.7 Å². The number of hydrogen-bond acceptors (Lipinski definition) is 6. The van der Waals surface area contributed by atoms with Crippen LogP contribution in [0.15, 0.2) is 0 Å². The Kier molecular flexibility index (Phi) is 4.70. The van der Waals surface area contributed by atoms with E-state index >= 15 is 0 Å². The molecule has 0 aliphatic heterocycles. The predicted octanol–water partition coefficient (Wildman–Crippen LogP) is 1.57. The molecule has 1 heterocycles. The van der Waals surface area contributed by atoms with Crippen LogP contribution in [0.3, 0.4) is 0 Å². The van der Waals surface area contributed by atoms with Gasteiger partial charge in [-0.25, -0.2) is 4.98 Å². The van der Waals surface area contributed by atoms with Gasteiger partial charge in [-0.15, -0.1) is 0 Å². The molecular weight excluding hydrogens is 224 g/mol. The third kappa shape index (κ3) is 3.46. The van der Waals surface area contributed by atoms with Crippen molar-refractivity contribution in [1.82, 2.24) is 4.98 Å². The molecule has 1 atom stereocenters. The molecule has 0 spiro atoms. The summed E-state index contributed by atoms with van der Waals surface area (Å²) in [6, 6.07) is 0.0824. The molecule has 1 aromatic rings. The molecule has 0 bridgehead atoms. The molecule has 0 fully saturated rings. The number of rotatable bonds is 5. The minimum atomic E-state index is 0.0824. The summed E-state index contributed by atoms with van der Waals surface area (Å²) in [5.74, 6) is 0.186. The maximum Gasteiger partial charge on any atom is 0.225 e. The van der Waals surface area contributed by atoms with E-state index in [1.807, 2.05) is 20.8 Å². The third-order valence-corrected chi connectivity index (χ3v) is 2.98. The van der Waals surface area contributed by atoms with Crippen molar-refractivity contribution in [3.05, 3.63) is 10.6 Å². The Morgan fingerprint density at radius 1 is 1.69 bits per heavy atom. The van der Waals surface area contributed by atoms with Gasteiger partial charge in [0.15, 0.2) is 5.13 Å². The summed E-state index contributed by atoms with van der Waals surface area (Å²) >= 11 is 1.42. The first-order valence-electron chi connectivity index (χ1n) is 5.23. The molecule has 0 amide bonds. The van der Waals surface area contributed by atoms with Gasteiger partial charge in [-0.3, -0.25) is 5.41 Å². The van der Waals surface area contributed by atoms with Crippen LogP contribution in [-0.2, 0) is 4.74 Å². The van der Waals surface area contributed by atoms with Gasteiger partial charge in [-0.2, -0.15) is 0 Å². The van der Waals surface area contributed by atoms with E-state index in [1.165, 1.54) is 11.3 Å². The average molecular weight is 242 g/mol. The van der Waals surface area contributed by atoms with Crippen molar-refractivity contribution < 1.29 is 4.74 Å². The number of nitrogens with zero attached hydrogens (tertiary/aromatic N) is 1. The SMILES string of the molecule is CCOC(=N)c1sc(NC[C@H](C)N)nc1C. The summed E-state index contributed by atoms with van der Waals surface area (Å²) in [5, 5.41) is 11.6. The van der Waals surface area contributed by atoms with Gasteiger partial charge >= 0.3 is 0 Å². The largest absolute Gasteiger partial charge is 0.477 e. The number of aromatic nitrogens is 1. The lowest BCUT2D eigenvalue weighted by Gasteiger charge is -2.04. The molecule has 0 aliphatic rings. The lowest BCUT2D eigenvalue weighted by Crippen LogP contribution is -2.25. The molecular formula is C10H18N4OS. The second-order valence-electron chi connectivity index (χ2n) is 3.55. The van der Waals surface area contributed by atoms with E-state index < -0.39 is 0 Å². The van der Waals surface area contributed by atoms with Crippen molar-refractivity contribution in [2.45, 2.75) is 26.8 Å². The monoisotopic (exact) mass is 242 g/mol. The van der Waals surface area contributed by atoms with E-state index in [9.17, 15) is 0 Å². The normalized spacial score (nSPS) is 12.2. The number of nitrogens with one attached hydrogen (secondary N) is 2. The van der Waals surface area contributed by atoms with E-state index in [0.29, 0.717) is 13.2 Å². The lowest BCUT2D eigenvalue weighted by atomic mass is 10.4. The highest BCUT2D eigenvalue weighted by atomic mass is 32.1. The number of aryl methyl sites for hydroxylation is 1. The zero-order chi connectivity index (χ0) is 12.1. The highest BCUT2D eigenvalue weighted by molar-refractivity contribution is 7.17. The fraction of sp³-hybridized carbons (Fsp3) is 0.600. The van der Waals surface area contributed by atoms with Gasteiger partial charge in [0.1, 0.15) is 4.88 Å². The van der Waals surface area contributed by atoms with Crippen LogP contribution in [0.5, 0.6) is 0 Å². The highest BCUT2D eigenvalue weighted by Gasteiger charge is 2.13. The van der Waals surface area contributed by atoms with Gasteiger partial charge in [0.05, 0.1) is 12.3 Å². The molecule has 0 saturated heterocycles. The van der Waals surface area contributed by atoms with Crippen LogP contribution in [0.2, 0.25) is 0 Å². The van der Waals surface area contributed by atoms with E-state index in [2.05, 4.69) is 10.3 Å². The van der Waals surface area contributed by atoms with Crippen molar-refractivity contribution in [2.75, 3.05) is 18.5 Å². The van der Waals surface area contributed by atoms with E-state index in [4.69, 9.17) is 15.9 Å². The van der Waals surface area contributed by atoms with E-state index in [-0.39, 0.29) is 11.9 Å². The molecule has 1 aromatic heterocycles. The number of ether oxygens (including phenoxy) is 1. The van der Waals surface area contributed by atoms with Crippen LogP contribution < -0.4 is 11.1 Å². The summed E-state index contributed by atoms with van der Waals surface area (Å²) in [5.41, 5.74) is 6.46. The fourth-order valence-corrected chi connectivity index (χ4v) is 2.02. The van der Waals surface area contributed by atoms with Gasteiger partial charge in [0, 0.05) is 12.6 Å². The molecule has 90 valence electrons. The number of nitrogens with two attached hydrogens (primary N) is 1. The molecule has 0 unspecified atom stereocenters. The van der Waals surface area contributed by atoms with Crippen molar-refractivity contribution in [3.63, 3.8) is 0 Å². The standard InChI is InChI=1S/C10H18N4OS/c1-4-15-9(12)8-7(3)14-10(16-8)13-5-6(2)11/h6,12H,4-5,11H2,1-3H3,(H,13,14)/t6-/m0/s1. The van der Waals surface area contributed by atoms with Crippen LogP contribution in [-0.4, -0.2) is 30.1 Å². The van der Waals surface area contributed by atoms with Gasteiger partial charge < -0.3 is 15.8 Å². The Balaban J connectivity index is 2.69. The second-order valence-corrected chi connectivity index (χ2v) is 4.55. The molecule has 0 radical (unpaired) electrons. The Morgan fingerprint density at radius 2 is 2.38 bits per heavy atom. The molecule has 5 nitrogen and oxygen atoms in total. The average Bonchev–Trinajstić information content (AvgIpc) is 2.57. The molecule has 4 N–H and O–H groups in total. The van der Waals surface area contributed by atoms with Crippen molar-refractivity contribution in [1.29, 1.82) is 5.41 Å². The number of anilines is 1. The summed E-state index contributed by atoms with van der Waals surface area (Å²) in [6.07, 6.45) is 0. The lowest BCUT2D eigenvalue weighted by molar-refractivity contribution is 0.326. The summed E-state index contributed by atoms with van der Waals surface area (Å²) in [6.45, 7) is 6.83. The molecule has 6 heteroatoms. The van der Waals surface area contributed by atoms with Crippen LogP contribution in [0.4, 0.5) is 5.13 Å². The molecule has 0 aromatic carbocycles. The zero-order valence-electron chi connectivity index (χ0n) is 9.83. The minimum absolute atomic E-state index is 0.0824. The van der Waals surface area contributed by atoms with Crippen molar-refractivity contribution in [3.8, 4) is 0 Å². The first-order chi connectivity index (χ1) is 7.54. The predicted molar refractivity (Wildman–Crippen MR) is 67.4 cm³/mol. The highest BCUT2D eigenvalue weighted by Crippen LogP contribution is 2.23. The molecule has 0 aliphatic carbocycles. The number of thiazole rings is 1. The smallest absolute Gasteiger partial charge is 0.225 e. The summed E-state index contributed by atoms with van der Waals surface area (Å²) in [4.78, 5) is 5.09. The first kappa shape index (κ1) is 12.9. The molecule has 16 heavy (non-hydrogen) atoms. The topological polar surface area (TPSA) is 84.0 Å². The second kappa shape index (κ2) is 5.81. The number of hydrogen-bond donors (Lipinski definition) is 3. The van der Waals surface area contributed by atoms with Crippen LogP contribution in [0.25, 0.3) is 0 Å². The van der Waals surface area contributed by atoms with Crippen LogP contribution in [0, 0.1) is 12.3 Å². The Bertz CT molecular complexity index is 362. The Morgan fingerprint density at radius 3 is 2.94 bits per heavy atom. The van der Waals surface area contributed by atoms with Crippen LogP contribution in [0.1, 0.15) is 24.4 Å². The maximum atomic E-state index is 7.70. The minimum Gasteiger partial charge on any atom is -0.477 e. The molecule has 1 rings (SSSR count). The Hall–Kier alpha value is -1.14. The van der Waals surface area contributed by atoms with Crippen molar-refractivity contribution >= 4 is 22.4 Å². The molecule has 0 saturated carbocycles. The Labute approximate surface area is 99.5 Å². The maximum absolute atomic E-state index is 7.70. The van der Waals surface area contributed by atoms with Gasteiger partial charge in [-0.05, 0) is 20.8 Å². The fourth-order valence-electron chi connectivity index (χ4n) is 1.14. The zero-order valence-corrected chi connectivity index (χ0v) is 10.6. The van der Waals surface area contributed by atoms with E-state index in [1.54, 1.807) is 0 Å². The third-order valence-electron chi connectivity index (χ3n) is 1.87. The summed E-state index contributed by atoms with van der Waals surface area (Å²) in [7, 11) is 0. The quantitative estimate of drug-likeness (QED) is 0.540. The summed E-state index contributed by atoms with van der Waals surface area (Å²) < 4.78 is 5.15. The van der Waals surface area contributed by atoms with Gasteiger partial charge in [0.2, 0.25) is 5.90 Å².